The summed E-state index contributed by atoms with van der Waals surface area (Å²) in [6, 6.07) is 6.60. The minimum Gasteiger partial charge on any atom is -0.481 e. The van der Waals surface area contributed by atoms with Crippen LogP contribution in [0.25, 0.3) is 0 Å². The minimum absolute atomic E-state index is 0.0913. The van der Waals surface area contributed by atoms with Gasteiger partial charge in [0.1, 0.15) is 22.8 Å². The molecule has 0 unspecified atom stereocenters. The van der Waals surface area contributed by atoms with Gasteiger partial charge in [0, 0.05) is 6.54 Å². The molecule has 1 fully saturated rings. The van der Waals surface area contributed by atoms with Crippen LogP contribution in [0.15, 0.2) is 28.8 Å². The average molecular weight is 344 g/mol. The highest BCUT2D eigenvalue weighted by molar-refractivity contribution is 5.93. The fourth-order valence-electron chi connectivity index (χ4n) is 2.71. The van der Waals surface area contributed by atoms with Gasteiger partial charge in [0.2, 0.25) is 0 Å². The molecule has 1 aromatic carbocycles. The van der Waals surface area contributed by atoms with Crippen molar-refractivity contribution in [1.29, 1.82) is 0 Å². The van der Waals surface area contributed by atoms with Crippen molar-refractivity contribution in [2.24, 2.45) is 0 Å². The number of amides is 1. The van der Waals surface area contributed by atoms with Crippen LogP contribution in [0.2, 0.25) is 0 Å². The van der Waals surface area contributed by atoms with Gasteiger partial charge in [0.05, 0.1) is 5.69 Å². The molecule has 25 heavy (non-hydrogen) atoms. The summed E-state index contributed by atoms with van der Waals surface area (Å²) in [6.45, 7) is 4.03. The van der Waals surface area contributed by atoms with Crippen LogP contribution < -0.4 is 14.8 Å². The molecule has 2 aromatic rings. The fraction of sp³-hybridized carbons (Fsp3) is 0.389. The number of nitrogens with one attached hydrogen (secondary N) is 1. The number of carbonyl (C=O) groups excluding carboxylic acids is 2. The molecule has 1 saturated heterocycles. The Morgan fingerprint density at radius 3 is 2.60 bits per heavy atom. The number of aromatic nitrogens is 1. The lowest BCUT2D eigenvalue weighted by Gasteiger charge is -2.16. The van der Waals surface area contributed by atoms with Crippen LogP contribution in [-0.4, -0.2) is 29.7 Å². The van der Waals surface area contributed by atoms with Crippen molar-refractivity contribution in [2.75, 3.05) is 6.54 Å². The standard InChI is InChI=1S/C18H20N2O5/c1-11-16(12(2)25-20-11)18(22)24-14-8-6-13(7-9-14)23-15-5-3-4-10-19-17(15)21/h6-9,15H,3-5,10H2,1-2H3,(H,19,21)/t15-/m0/s1. The third kappa shape index (κ3) is 3.99. The zero-order valence-electron chi connectivity index (χ0n) is 14.2. The molecule has 3 rings (SSSR count). The molecule has 0 saturated carbocycles. The molecule has 7 heteroatoms. The molecule has 1 atom stereocenters. The van der Waals surface area contributed by atoms with Crippen molar-refractivity contribution >= 4 is 11.9 Å². The molecule has 1 aliphatic heterocycles. The van der Waals surface area contributed by atoms with Gasteiger partial charge in [0.25, 0.3) is 5.91 Å². The van der Waals surface area contributed by atoms with Crippen LogP contribution in [0.5, 0.6) is 11.5 Å². The number of benzene rings is 1. The topological polar surface area (TPSA) is 90.7 Å². The summed E-state index contributed by atoms with van der Waals surface area (Å²) in [5.41, 5.74) is 0.817. The molecule has 0 bridgehead atoms. The van der Waals surface area contributed by atoms with Gasteiger partial charge in [-0.15, -0.1) is 0 Å². The Kier molecular flexibility index (Phi) is 5.02. The highest BCUT2D eigenvalue weighted by Gasteiger charge is 2.23. The van der Waals surface area contributed by atoms with E-state index in [0.29, 0.717) is 41.5 Å². The van der Waals surface area contributed by atoms with Gasteiger partial charge in [-0.05, 0) is 57.4 Å². The summed E-state index contributed by atoms with van der Waals surface area (Å²) in [4.78, 5) is 24.1. The van der Waals surface area contributed by atoms with Gasteiger partial charge in [0.15, 0.2) is 6.10 Å². The smallest absolute Gasteiger partial charge is 0.349 e. The molecule has 0 aliphatic carbocycles. The maximum absolute atomic E-state index is 12.2. The van der Waals surface area contributed by atoms with E-state index in [0.717, 1.165) is 12.8 Å². The van der Waals surface area contributed by atoms with E-state index in [1.807, 2.05) is 0 Å². The van der Waals surface area contributed by atoms with Crippen molar-refractivity contribution in [3.8, 4) is 11.5 Å². The third-order valence-electron chi connectivity index (χ3n) is 4.03. The van der Waals surface area contributed by atoms with Crippen LogP contribution in [0.3, 0.4) is 0 Å². The molecule has 1 amide bonds. The van der Waals surface area contributed by atoms with Crippen molar-refractivity contribution in [3.05, 3.63) is 41.3 Å². The largest absolute Gasteiger partial charge is 0.481 e. The van der Waals surface area contributed by atoms with Gasteiger partial charge < -0.3 is 19.3 Å². The first-order chi connectivity index (χ1) is 12.0. The van der Waals surface area contributed by atoms with Gasteiger partial charge in [-0.1, -0.05) is 5.16 Å². The molecule has 2 heterocycles. The Balaban J connectivity index is 1.64. The molecule has 0 spiro atoms. The SMILES string of the molecule is Cc1noc(C)c1C(=O)Oc1ccc(O[C@H]2CCCCNC2=O)cc1. The number of hydrogen-bond donors (Lipinski definition) is 1. The fourth-order valence-corrected chi connectivity index (χ4v) is 2.71. The molecule has 1 N–H and O–H groups in total. The number of esters is 1. The van der Waals surface area contributed by atoms with Crippen molar-refractivity contribution in [3.63, 3.8) is 0 Å². The first-order valence-electron chi connectivity index (χ1n) is 8.24. The summed E-state index contributed by atoms with van der Waals surface area (Å²) < 4.78 is 16.0. The maximum Gasteiger partial charge on any atom is 0.349 e. The third-order valence-corrected chi connectivity index (χ3v) is 4.03. The van der Waals surface area contributed by atoms with E-state index in [4.69, 9.17) is 14.0 Å². The number of rotatable bonds is 4. The van der Waals surface area contributed by atoms with Gasteiger partial charge in [-0.25, -0.2) is 4.79 Å². The van der Waals surface area contributed by atoms with Crippen LogP contribution in [0.1, 0.15) is 41.1 Å². The van der Waals surface area contributed by atoms with Crippen molar-refractivity contribution < 1.29 is 23.6 Å². The van der Waals surface area contributed by atoms with Gasteiger partial charge in [-0.2, -0.15) is 0 Å². The van der Waals surface area contributed by atoms with Crippen molar-refractivity contribution in [1.82, 2.24) is 10.5 Å². The Labute approximate surface area is 145 Å². The zero-order valence-corrected chi connectivity index (χ0v) is 14.2. The van der Waals surface area contributed by atoms with E-state index in [1.54, 1.807) is 38.1 Å². The quantitative estimate of drug-likeness (QED) is 0.677. The summed E-state index contributed by atoms with van der Waals surface area (Å²) in [5.74, 6) is 0.739. The summed E-state index contributed by atoms with van der Waals surface area (Å²) in [5, 5.41) is 6.57. The molecular formula is C18H20N2O5. The molecule has 7 nitrogen and oxygen atoms in total. The van der Waals surface area contributed by atoms with E-state index in [2.05, 4.69) is 10.5 Å². The van der Waals surface area contributed by atoms with E-state index >= 15 is 0 Å². The lowest BCUT2D eigenvalue weighted by Crippen LogP contribution is -2.36. The van der Waals surface area contributed by atoms with Crippen molar-refractivity contribution in [2.45, 2.75) is 39.2 Å². The number of carbonyl (C=O) groups is 2. The van der Waals surface area contributed by atoms with E-state index in [9.17, 15) is 9.59 Å². The summed E-state index contributed by atoms with van der Waals surface area (Å²) in [7, 11) is 0. The molecular weight excluding hydrogens is 324 g/mol. The summed E-state index contributed by atoms with van der Waals surface area (Å²) in [6.07, 6.45) is 2.10. The number of ether oxygens (including phenoxy) is 2. The second-order valence-corrected chi connectivity index (χ2v) is 5.95. The zero-order chi connectivity index (χ0) is 17.8. The Morgan fingerprint density at radius 1 is 1.20 bits per heavy atom. The minimum atomic E-state index is -0.520. The molecule has 132 valence electrons. The molecule has 1 aliphatic rings. The first kappa shape index (κ1) is 17.0. The van der Waals surface area contributed by atoms with Crippen LogP contribution in [-0.2, 0) is 4.79 Å². The Morgan fingerprint density at radius 2 is 1.92 bits per heavy atom. The predicted molar refractivity (Wildman–Crippen MR) is 88.7 cm³/mol. The molecule has 0 radical (unpaired) electrons. The van der Waals surface area contributed by atoms with Crippen LogP contribution >= 0.6 is 0 Å². The normalized spacial score (nSPS) is 17.5. The Hall–Kier alpha value is -2.83. The lowest BCUT2D eigenvalue weighted by molar-refractivity contribution is -0.127. The predicted octanol–water partition coefficient (Wildman–Crippen LogP) is 2.56. The average Bonchev–Trinajstić information content (AvgIpc) is 2.80. The van der Waals surface area contributed by atoms with Crippen LogP contribution in [0.4, 0.5) is 0 Å². The first-order valence-corrected chi connectivity index (χ1v) is 8.24. The highest BCUT2D eigenvalue weighted by Crippen LogP contribution is 2.22. The van der Waals surface area contributed by atoms with Gasteiger partial charge in [-0.3, -0.25) is 4.79 Å². The second-order valence-electron chi connectivity index (χ2n) is 5.95. The van der Waals surface area contributed by atoms with Gasteiger partial charge >= 0.3 is 5.97 Å². The maximum atomic E-state index is 12.2. The van der Waals surface area contributed by atoms with E-state index in [-0.39, 0.29) is 5.91 Å². The summed E-state index contributed by atoms with van der Waals surface area (Å²) >= 11 is 0. The molecule has 1 aromatic heterocycles. The number of aryl methyl sites for hydroxylation is 2. The number of hydrogen-bond acceptors (Lipinski definition) is 6. The number of nitrogens with zero attached hydrogens (tertiary/aromatic N) is 1. The highest BCUT2D eigenvalue weighted by atomic mass is 16.5. The van der Waals surface area contributed by atoms with Crippen LogP contribution in [0, 0.1) is 13.8 Å². The Bertz CT molecular complexity index is 747. The lowest BCUT2D eigenvalue weighted by atomic mass is 10.2. The van der Waals surface area contributed by atoms with E-state index in [1.165, 1.54) is 0 Å². The second kappa shape index (κ2) is 7.38. The monoisotopic (exact) mass is 344 g/mol. The van der Waals surface area contributed by atoms with E-state index < -0.39 is 12.1 Å².